The second-order valence-corrected chi connectivity index (χ2v) is 32.7. The van der Waals surface area contributed by atoms with E-state index in [2.05, 4.69) is 333 Å². The lowest BCUT2D eigenvalue weighted by atomic mass is 9.95. The smallest absolute Gasteiger partial charge is 0.227 e. The van der Waals surface area contributed by atoms with E-state index in [1.54, 1.807) is 0 Å². The van der Waals surface area contributed by atoms with Crippen LogP contribution in [0.25, 0.3) is 220 Å². The van der Waals surface area contributed by atoms with Gasteiger partial charge in [0.2, 0.25) is 62.2 Å². The van der Waals surface area contributed by atoms with Crippen molar-refractivity contribution in [3.63, 3.8) is 0 Å². The van der Waals surface area contributed by atoms with Crippen molar-refractivity contribution >= 4 is 175 Å². The van der Waals surface area contributed by atoms with Crippen molar-refractivity contribution in [1.82, 2.24) is 19.9 Å². The molecule has 0 atom stereocenters. The quantitative estimate of drug-likeness (QED) is 0.160. The first-order valence-corrected chi connectivity index (χ1v) is 41.3. The van der Waals surface area contributed by atoms with Gasteiger partial charge in [-0.25, -0.2) is 24.5 Å². The van der Waals surface area contributed by atoms with Crippen LogP contribution in [0.1, 0.15) is 50.1 Å². The number of para-hydroxylation sites is 6. The molecular weight excluding hydrogens is 1490 g/mol. The SMILES string of the molecule is Cc1cc2c(oc3nc4ccccc4cc32)c(-c2cc(C)c3ccccc3[n+]2C)c1C.Cc1cc2c(oc3nc4ccccc4cc32)c(-c2cc3ccccc3c[n+]2C)c1C.Cc1cc2c(oc3nc4ccccc4cc32)c(-c2ccc3c(C)cccc3[n+]2C)c1C.Cc1ccc2c(oc3nc4ccccc4cc32)c1-c1ccc2ccccc2[n+]1C. The second-order valence-electron chi connectivity index (χ2n) is 32.7. The molecule has 0 aliphatic rings. The van der Waals surface area contributed by atoms with Crippen LogP contribution < -0.4 is 18.3 Å². The lowest BCUT2D eigenvalue weighted by Crippen LogP contribution is -2.32. The summed E-state index contributed by atoms with van der Waals surface area (Å²) in [4.78, 5) is 19.2. The number of hydrogen-bond acceptors (Lipinski definition) is 8. The Bertz CT molecular complexity index is 8520. The predicted octanol–water partition coefficient (Wildman–Crippen LogP) is 25.9. The summed E-state index contributed by atoms with van der Waals surface area (Å²) in [6.45, 7) is 19.6. The Morgan fingerprint density at radius 1 is 0.215 bits per heavy atom. The zero-order valence-electron chi connectivity index (χ0n) is 69.8. The highest BCUT2D eigenvalue weighted by molar-refractivity contribution is 6.16. The van der Waals surface area contributed by atoms with E-state index in [-0.39, 0.29) is 0 Å². The van der Waals surface area contributed by atoms with Crippen molar-refractivity contribution < 1.29 is 35.9 Å². The maximum absolute atomic E-state index is 6.46. The molecule has 0 aliphatic heterocycles. The van der Waals surface area contributed by atoms with Gasteiger partial charge in [0, 0.05) is 129 Å². The van der Waals surface area contributed by atoms with Gasteiger partial charge >= 0.3 is 0 Å². The van der Waals surface area contributed by atoms with Crippen LogP contribution in [-0.2, 0) is 28.2 Å². The fraction of sp³-hybridized carbons (Fsp3) is 0.119. The molecule has 12 heterocycles. The van der Waals surface area contributed by atoms with Crippen LogP contribution >= 0.6 is 0 Å². The second kappa shape index (κ2) is 28.7. The zero-order valence-corrected chi connectivity index (χ0v) is 69.8. The maximum Gasteiger partial charge on any atom is 0.227 e. The Morgan fingerprint density at radius 3 is 1.07 bits per heavy atom. The van der Waals surface area contributed by atoms with E-state index in [4.69, 9.17) is 37.6 Å². The summed E-state index contributed by atoms with van der Waals surface area (Å²) in [6.07, 6.45) is 2.19. The van der Waals surface area contributed by atoms with Crippen molar-refractivity contribution in [1.29, 1.82) is 0 Å². The van der Waals surface area contributed by atoms with Crippen LogP contribution in [0.3, 0.4) is 0 Å². The Hall–Kier alpha value is -14.9. The monoisotopic (exact) mass is 1570 g/mol. The molecule has 0 fully saturated rings. The fourth-order valence-corrected chi connectivity index (χ4v) is 18.5. The van der Waals surface area contributed by atoms with E-state index in [1.165, 1.54) is 93.6 Å². The molecule has 12 aromatic heterocycles. The molecule has 12 nitrogen and oxygen atoms in total. The van der Waals surface area contributed by atoms with Gasteiger partial charge < -0.3 is 17.7 Å². The van der Waals surface area contributed by atoms with Crippen LogP contribution in [0.2, 0.25) is 0 Å². The topological polar surface area (TPSA) is 120 Å². The molecule has 0 spiro atoms. The standard InChI is InChI=1S/2C28H23N2O.C27H21N2O.C26H19N2O/c1-16-13-21-22-15-19-9-5-7-11-23(19)29-28(22)31-27(21)26(18(16)3)25-14-17(2)20-10-6-8-12-24(20)30(25)4;1-16-8-7-11-24-20(16)12-13-25(30(24)4)26-18(3)17(2)14-21-22-15-19-9-5-6-10-23(19)29-28(22)31-27(21)26;1-16-12-21-22-13-19-9-6-7-11-23(19)28-27(22)30-26(21)25(17(16)2)24-14-18-8-4-5-10-20(18)15-29(24)3;1-16-11-13-19-20-15-18-8-3-5-9-21(18)27-26(20)29-25(19)24(16)23-14-12-17-7-4-6-10-22(17)28(23)2/h2*5-15H,1-4H3;4-15H,1-3H3;3-15H,1-2H3/q4*+1. The molecule has 0 unspecified atom stereocenters. The summed E-state index contributed by atoms with van der Waals surface area (Å²) < 4.78 is 34.7. The van der Waals surface area contributed by atoms with Crippen LogP contribution in [0.15, 0.2) is 303 Å². The van der Waals surface area contributed by atoms with Crippen molar-refractivity contribution in [3.8, 4) is 45.0 Å². The number of aryl methyl sites for hydroxylation is 10. The zero-order chi connectivity index (χ0) is 82.5. The number of hydrogen-bond donors (Lipinski definition) is 0. The van der Waals surface area contributed by atoms with E-state index in [0.717, 1.165) is 154 Å². The molecule has 0 radical (unpaired) electrons. The van der Waals surface area contributed by atoms with Gasteiger partial charge in [-0.3, -0.25) is 0 Å². The van der Waals surface area contributed by atoms with Gasteiger partial charge in [-0.2, -0.15) is 13.7 Å². The van der Waals surface area contributed by atoms with Gasteiger partial charge in [-0.05, 0) is 215 Å². The van der Waals surface area contributed by atoms with Crippen molar-refractivity contribution in [2.24, 2.45) is 28.2 Å². The molecule has 0 bridgehead atoms. The van der Waals surface area contributed by atoms with Crippen LogP contribution in [0.4, 0.5) is 0 Å². The molecule has 0 saturated heterocycles. The minimum atomic E-state index is 0.689. The van der Waals surface area contributed by atoms with Gasteiger partial charge in [0.15, 0.2) is 28.5 Å². The summed E-state index contributed by atoms with van der Waals surface area (Å²) >= 11 is 0. The first-order valence-electron chi connectivity index (χ1n) is 41.3. The van der Waals surface area contributed by atoms with Crippen molar-refractivity contribution in [3.05, 3.63) is 335 Å². The summed E-state index contributed by atoms with van der Waals surface area (Å²) in [5, 5.41) is 19.5. The summed E-state index contributed by atoms with van der Waals surface area (Å²) in [5.41, 5.74) is 34.2. The van der Waals surface area contributed by atoms with E-state index in [0.29, 0.717) is 22.9 Å². The number of nitrogens with zero attached hydrogens (tertiary/aromatic N) is 8. The maximum atomic E-state index is 6.46. The van der Waals surface area contributed by atoms with E-state index < -0.39 is 0 Å². The van der Waals surface area contributed by atoms with E-state index >= 15 is 0 Å². The lowest BCUT2D eigenvalue weighted by Gasteiger charge is -2.11. The molecule has 24 aromatic rings. The summed E-state index contributed by atoms with van der Waals surface area (Å²) in [7, 11) is 8.50. The number of rotatable bonds is 4. The summed E-state index contributed by atoms with van der Waals surface area (Å²) in [5.74, 6) is 0. The summed E-state index contributed by atoms with van der Waals surface area (Å²) in [6, 6.07) is 97.9. The minimum Gasteiger partial charge on any atom is -0.437 e. The number of furan rings is 4. The number of fused-ring (bicyclic) bond motifs is 20. The van der Waals surface area contributed by atoms with Crippen LogP contribution in [0.5, 0.6) is 0 Å². The van der Waals surface area contributed by atoms with Crippen LogP contribution in [-0.4, -0.2) is 19.9 Å². The molecule has 121 heavy (non-hydrogen) atoms. The van der Waals surface area contributed by atoms with Gasteiger partial charge in [0.05, 0.1) is 44.3 Å². The molecule has 0 amide bonds. The Labute approximate surface area is 697 Å². The highest BCUT2D eigenvalue weighted by Gasteiger charge is 2.30. The van der Waals surface area contributed by atoms with Crippen molar-refractivity contribution in [2.75, 3.05) is 0 Å². The minimum absolute atomic E-state index is 0.689. The van der Waals surface area contributed by atoms with E-state index in [9.17, 15) is 0 Å². The number of benzene rings is 12. The molecule has 12 heteroatoms. The lowest BCUT2D eigenvalue weighted by molar-refractivity contribution is -0.659. The predicted molar refractivity (Wildman–Crippen MR) is 495 cm³/mol. The molecular formula is C109H86N8O4+4. The average molecular weight is 1570 g/mol. The third-order valence-electron chi connectivity index (χ3n) is 25.4. The molecule has 582 valence electrons. The average Bonchev–Trinajstić information content (AvgIpc) is 1.62. The molecule has 0 N–H and O–H groups in total. The van der Waals surface area contributed by atoms with Gasteiger partial charge in [0.1, 0.15) is 28.2 Å². The highest BCUT2D eigenvalue weighted by Crippen LogP contribution is 2.45. The third-order valence-corrected chi connectivity index (χ3v) is 25.4. The highest BCUT2D eigenvalue weighted by atomic mass is 16.4. The molecule has 12 aromatic carbocycles. The Kier molecular flexibility index (Phi) is 17.5. The first-order chi connectivity index (χ1) is 58.9. The van der Waals surface area contributed by atoms with Crippen molar-refractivity contribution in [2.45, 2.75) is 62.3 Å². The number of pyridine rings is 8. The first kappa shape index (κ1) is 73.7. The van der Waals surface area contributed by atoms with Gasteiger partial charge in [-0.15, -0.1) is 0 Å². The third kappa shape index (κ3) is 12.2. The van der Waals surface area contributed by atoms with Gasteiger partial charge in [0.25, 0.3) is 0 Å². The largest absolute Gasteiger partial charge is 0.437 e. The number of aromatic nitrogens is 8. The molecule has 0 aliphatic carbocycles. The molecule has 0 saturated carbocycles. The normalized spacial score (nSPS) is 11.8. The van der Waals surface area contributed by atoms with Crippen LogP contribution in [0, 0.1) is 62.3 Å². The fourth-order valence-electron chi connectivity index (χ4n) is 18.5. The van der Waals surface area contributed by atoms with Gasteiger partial charge in [-0.1, -0.05) is 140 Å². The Balaban J connectivity index is 0.0000000996. The Morgan fingerprint density at radius 2 is 0.570 bits per heavy atom. The van der Waals surface area contributed by atoms with E-state index in [1.807, 2.05) is 60.7 Å². The molecule has 24 rings (SSSR count).